The molecule has 2 aromatic rings. The van der Waals surface area contributed by atoms with Gasteiger partial charge in [0.25, 0.3) is 0 Å². The Morgan fingerprint density at radius 1 is 0.984 bits per heavy atom. The first-order chi connectivity index (χ1) is 29.4. The molecule has 14 nitrogen and oxygen atoms in total. The third-order valence-electron chi connectivity index (χ3n) is 13.3. The molecule has 11 atom stereocenters. The predicted molar refractivity (Wildman–Crippen MR) is 239 cm³/mol. The Bertz CT molecular complexity index is 1810. The molecule has 1 aromatic carbocycles. The smallest absolute Gasteiger partial charge is 0.411 e. The number of thiazole rings is 1. The number of hydrogen-bond acceptors (Lipinski definition) is 10. The summed E-state index contributed by atoms with van der Waals surface area (Å²) >= 11 is 1.50. The number of aromatic nitrogens is 1. The first-order valence-electron chi connectivity index (χ1n) is 22.6. The number of fused-ring (bicyclic) bond motifs is 2. The third-order valence-corrected chi connectivity index (χ3v) is 14.2. The van der Waals surface area contributed by atoms with Crippen LogP contribution < -0.4 is 10.6 Å². The minimum Gasteiger partial charge on any atom is -0.444 e. The van der Waals surface area contributed by atoms with Crippen molar-refractivity contribution in [3.63, 3.8) is 0 Å². The number of nitrogens with one attached hydrogen (secondary N) is 2. The predicted octanol–water partition coefficient (Wildman–Crippen LogP) is 6.39. The Balaban J connectivity index is 1.28. The van der Waals surface area contributed by atoms with Crippen LogP contribution in [0.1, 0.15) is 117 Å². The number of carbonyl (C=O) groups is 5. The van der Waals surface area contributed by atoms with E-state index in [1.807, 2.05) is 96.0 Å². The van der Waals surface area contributed by atoms with Gasteiger partial charge in [-0.05, 0) is 82.6 Å². The van der Waals surface area contributed by atoms with Crippen LogP contribution >= 0.6 is 11.3 Å². The van der Waals surface area contributed by atoms with Crippen molar-refractivity contribution < 1.29 is 38.2 Å². The molecule has 0 radical (unpaired) electrons. The number of carbonyl (C=O) groups excluding carboxylic acids is 5. The summed E-state index contributed by atoms with van der Waals surface area (Å²) in [7, 11) is 4.87. The highest BCUT2D eigenvalue weighted by atomic mass is 32.1. The molecular formula is C47H72N6O8S. The fraction of sp³-hybridized carbons (Fsp3) is 0.702. The Hall–Kier alpha value is -4.08. The van der Waals surface area contributed by atoms with Gasteiger partial charge in [0.1, 0.15) is 22.7 Å². The molecule has 5 rings (SSSR count). The van der Waals surface area contributed by atoms with Gasteiger partial charge in [0.15, 0.2) is 0 Å². The average Bonchev–Trinajstić information content (AvgIpc) is 4.08. The van der Waals surface area contributed by atoms with E-state index >= 15 is 0 Å². The van der Waals surface area contributed by atoms with Crippen LogP contribution in [0.4, 0.5) is 4.79 Å². The SMILES string of the molecule is CC[C@H](C)[C@@H]([C@@H](CC(=O)N1CCC[C@H]1[C@H](OC)[C@@H](C)C(=O)N[C@@H](Cc1ccccc1)c1nccs1)OC)N(C)C(=O)[C@@H](NC(=O)[C@@H]1[C@H]2CC[C@H](C2)N1C(=O)OC(C)(C)C)C(C)C. The van der Waals surface area contributed by atoms with Gasteiger partial charge >= 0.3 is 6.09 Å². The third kappa shape index (κ3) is 11.5. The maximum Gasteiger partial charge on any atom is 0.411 e. The first kappa shape index (κ1) is 48.9. The lowest BCUT2D eigenvalue weighted by molar-refractivity contribution is -0.148. The molecule has 2 N–H and O–H groups in total. The van der Waals surface area contributed by atoms with E-state index in [0.29, 0.717) is 25.8 Å². The van der Waals surface area contributed by atoms with E-state index < -0.39 is 47.9 Å². The van der Waals surface area contributed by atoms with Crippen molar-refractivity contribution in [3.05, 3.63) is 52.5 Å². The standard InChI is InChI=1S/C47H72N6O8S/c1-12-29(4)39(51(9)45(57)38(28(2)3)50-43(56)40-32-20-21-33(26-32)53(40)46(58)61-47(6,7)8)36(59-10)27-37(54)52-23-16-19-35(52)41(60-11)30(5)42(55)49-34(44-48-22-24-62-44)25-31-17-14-13-15-18-31/h13-15,17-18,22,24,28-30,32-36,38-41H,12,16,19-21,23,25-27H2,1-11H3,(H,49,55)(H,50,56)/t29-,30+,32-,33+,34-,35-,36+,38-,39-,40-,41+/m0/s1. The van der Waals surface area contributed by atoms with Gasteiger partial charge in [-0.25, -0.2) is 9.78 Å². The van der Waals surface area contributed by atoms with Crippen LogP contribution in [0.15, 0.2) is 41.9 Å². The zero-order chi connectivity index (χ0) is 45.5. The molecule has 62 heavy (non-hydrogen) atoms. The van der Waals surface area contributed by atoms with Crippen molar-refractivity contribution in [1.82, 2.24) is 30.3 Å². The summed E-state index contributed by atoms with van der Waals surface area (Å²) < 4.78 is 17.9. The summed E-state index contributed by atoms with van der Waals surface area (Å²) in [4.78, 5) is 80.1. The molecule has 2 bridgehead atoms. The number of methoxy groups -OCH3 is 2. The second kappa shape index (κ2) is 21.5. The lowest BCUT2D eigenvalue weighted by Gasteiger charge is -2.41. The van der Waals surface area contributed by atoms with E-state index in [1.54, 1.807) is 37.3 Å². The molecule has 0 unspecified atom stereocenters. The Morgan fingerprint density at radius 3 is 2.29 bits per heavy atom. The van der Waals surface area contributed by atoms with Gasteiger partial charge in [0, 0.05) is 45.4 Å². The van der Waals surface area contributed by atoms with Gasteiger partial charge in [-0.3, -0.25) is 24.1 Å². The number of likely N-dealkylation sites (N-methyl/N-ethyl adjacent to an activating group) is 1. The highest BCUT2D eigenvalue weighted by molar-refractivity contribution is 7.09. The van der Waals surface area contributed by atoms with Crippen molar-refractivity contribution in [2.24, 2.45) is 23.7 Å². The fourth-order valence-corrected chi connectivity index (χ4v) is 10.6. The van der Waals surface area contributed by atoms with Gasteiger partial charge in [0.2, 0.25) is 23.6 Å². The van der Waals surface area contributed by atoms with Crippen LogP contribution in [-0.4, -0.2) is 125 Å². The molecule has 3 heterocycles. The summed E-state index contributed by atoms with van der Waals surface area (Å²) in [6, 6.07) is 7.15. The van der Waals surface area contributed by atoms with Gasteiger partial charge in [0.05, 0.1) is 42.7 Å². The minimum absolute atomic E-state index is 0.00511. The zero-order valence-electron chi connectivity index (χ0n) is 38.8. The summed E-state index contributed by atoms with van der Waals surface area (Å²) in [5.41, 5.74) is 0.369. The summed E-state index contributed by atoms with van der Waals surface area (Å²) in [5.74, 6) is -1.88. The summed E-state index contributed by atoms with van der Waals surface area (Å²) in [6.07, 6.45) is 5.13. The maximum absolute atomic E-state index is 14.6. The quantitative estimate of drug-likeness (QED) is 0.163. The largest absolute Gasteiger partial charge is 0.444 e. The van der Waals surface area contributed by atoms with Gasteiger partial charge < -0.3 is 34.6 Å². The molecule has 15 heteroatoms. The fourth-order valence-electron chi connectivity index (χ4n) is 9.94. The highest BCUT2D eigenvalue weighted by Gasteiger charge is 2.53. The number of ether oxygens (including phenoxy) is 3. The molecule has 344 valence electrons. The van der Waals surface area contributed by atoms with Crippen molar-refractivity contribution in [1.29, 1.82) is 0 Å². The topological polar surface area (TPSA) is 160 Å². The molecule has 1 aliphatic carbocycles. The number of amides is 5. The van der Waals surface area contributed by atoms with E-state index in [4.69, 9.17) is 14.2 Å². The van der Waals surface area contributed by atoms with Crippen LogP contribution in [0.5, 0.6) is 0 Å². The molecular weight excluding hydrogens is 809 g/mol. The van der Waals surface area contributed by atoms with Crippen LogP contribution in [0.25, 0.3) is 0 Å². The molecule has 1 saturated carbocycles. The van der Waals surface area contributed by atoms with E-state index in [9.17, 15) is 24.0 Å². The Labute approximate surface area is 373 Å². The maximum atomic E-state index is 14.6. The molecule has 2 saturated heterocycles. The van der Waals surface area contributed by atoms with Crippen molar-refractivity contribution in [2.75, 3.05) is 27.8 Å². The summed E-state index contributed by atoms with van der Waals surface area (Å²) in [5, 5.41) is 9.01. The average molecular weight is 881 g/mol. The van der Waals surface area contributed by atoms with E-state index in [0.717, 1.165) is 36.3 Å². The lowest BCUT2D eigenvalue weighted by atomic mass is 9.89. The van der Waals surface area contributed by atoms with Crippen LogP contribution in [0.3, 0.4) is 0 Å². The molecule has 5 amide bonds. The van der Waals surface area contributed by atoms with Crippen molar-refractivity contribution >= 4 is 41.1 Å². The van der Waals surface area contributed by atoms with E-state index in [-0.39, 0.29) is 65.9 Å². The zero-order valence-corrected chi connectivity index (χ0v) is 39.6. The highest BCUT2D eigenvalue weighted by Crippen LogP contribution is 2.43. The van der Waals surface area contributed by atoms with E-state index in [2.05, 4.69) is 15.6 Å². The summed E-state index contributed by atoms with van der Waals surface area (Å²) in [6.45, 7) is 15.6. The molecule has 1 aromatic heterocycles. The van der Waals surface area contributed by atoms with Crippen LogP contribution in [0.2, 0.25) is 0 Å². The normalized spacial score (nSPS) is 23.3. The first-order valence-corrected chi connectivity index (χ1v) is 23.5. The minimum atomic E-state index is -0.882. The Kier molecular flexibility index (Phi) is 17.0. The molecule has 3 aliphatic rings. The van der Waals surface area contributed by atoms with Crippen molar-refractivity contribution in [3.8, 4) is 0 Å². The number of hydrogen-bond donors (Lipinski definition) is 2. The number of rotatable bonds is 19. The lowest BCUT2D eigenvalue weighted by Crippen LogP contribution is -2.61. The van der Waals surface area contributed by atoms with Gasteiger partial charge in [-0.2, -0.15) is 0 Å². The Morgan fingerprint density at radius 2 is 1.69 bits per heavy atom. The number of benzene rings is 1. The number of nitrogens with zero attached hydrogens (tertiary/aromatic N) is 4. The number of piperidine rings is 1. The molecule has 2 aliphatic heterocycles. The van der Waals surface area contributed by atoms with Crippen molar-refractivity contribution in [2.45, 2.75) is 161 Å². The molecule has 0 spiro atoms. The van der Waals surface area contributed by atoms with Gasteiger partial charge in [-0.1, -0.05) is 71.4 Å². The van der Waals surface area contributed by atoms with E-state index in [1.165, 1.54) is 11.3 Å². The number of likely N-dealkylation sites (tertiary alicyclic amines) is 2. The molecule has 3 fully saturated rings. The second-order valence-electron chi connectivity index (χ2n) is 19.0. The van der Waals surface area contributed by atoms with Crippen LogP contribution in [-0.2, 0) is 39.8 Å². The second-order valence-corrected chi connectivity index (χ2v) is 19.9. The monoisotopic (exact) mass is 881 g/mol. The van der Waals surface area contributed by atoms with Gasteiger partial charge in [-0.15, -0.1) is 11.3 Å². The van der Waals surface area contributed by atoms with Crippen LogP contribution in [0, 0.1) is 23.7 Å².